The Bertz CT molecular complexity index is 1270. The molecule has 3 atom stereocenters. The van der Waals surface area contributed by atoms with E-state index in [1.807, 2.05) is 0 Å². The zero-order chi connectivity index (χ0) is 24.6. The second kappa shape index (κ2) is 9.75. The number of nitrogens with zero attached hydrogens (tertiary/aromatic N) is 3. The number of piperidine rings is 1. The van der Waals surface area contributed by atoms with Crippen LogP contribution in [0.5, 0.6) is 5.75 Å². The Hall–Kier alpha value is -2.70. The van der Waals surface area contributed by atoms with Gasteiger partial charge in [0.25, 0.3) is 10.0 Å². The molecule has 0 saturated carbocycles. The third-order valence-electron chi connectivity index (χ3n) is 6.58. The molecule has 3 aromatic rings. The van der Waals surface area contributed by atoms with Crippen molar-refractivity contribution in [1.29, 1.82) is 0 Å². The molecule has 3 heterocycles. The van der Waals surface area contributed by atoms with Crippen LogP contribution in [0.4, 0.5) is 18.3 Å². The molecule has 2 aliphatic heterocycles. The molecular formula is C23H23F3N4O3S2. The Morgan fingerprint density at radius 1 is 1.11 bits per heavy atom. The normalized spacial score (nSPS) is 23.0. The number of nitrogens with one attached hydrogen (secondary N) is 1. The van der Waals surface area contributed by atoms with Crippen LogP contribution in [-0.2, 0) is 10.0 Å². The summed E-state index contributed by atoms with van der Waals surface area (Å²) in [5.74, 6) is -0.677. The number of benzene rings is 2. The number of halogens is 3. The highest BCUT2D eigenvalue weighted by Gasteiger charge is 2.39. The fraction of sp³-hybridized carbons (Fsp3) is 0.391. The molecule has 0 amide bonds. The zero-order valence-electron chi connectivity index (χ0n) is 18.5. The van der Waals surface area contributed by atoms with Crippen LogP contribution in [0.15, 0.2) is 53.7 Å². The monoisotopic (exact) mass is 524 g/mol. The van der Waals surface area contributed by atoms with Crippen LogP contribution < -0.4 is 9.46 Å². The van der Waals surface area contributed by atoms with Gasteiger partial charge in [-0.2, -0.15) is 4.37 Å². The molecule has 2 aromatic carbocycles. The number of ether oxygens (including phenoxy) is 1. The lowest BCUT2D eigenvalue weighted by atomic mass is 9.84. The number of hydrogen-bond donors (Lipinski definition) is 1. The Labute approximate surface area is 205 Å². The minimum absolute atomic E-state index is 0.0265. The summed E-state index contributed by atoms with van der Waals surface area (Å²) in [7, 11) is -3.89. The molecule has 0 bridgehead atoms. The van der Waals surface area contributed by atoms with Crippen molar-refractivity contribution in [2.45, 2.75) is 42.7 Å². The summed E-state index contributed by atoms with van der Waals surface area (Å²) in [5.41, 5.74) is 1.58. The summed E-state index contributed by atoms with van der Waals surface area (Å²) in [6.07, 6.45) is 0.0706. The first-order valence-corrected chi connectivity index (χ1v) is 13.4. The molecule has 7 nitrogen and oxygen atoms in total. The number of hydrogen-bond acceptors (Lipinski definition) is 7. The molecule has 35 heavy (non-hydrogen) atoms. The van der Waals surface area contributed by atoms with Crippen molar-refractivity contribution in [3.63, 3.8) is 0 Å². The van der Waals surface area contributed by atoms with Gasteiger partial charge in [-0.15, -0.1) is 0 Å². The largest absolute Gasteiger partial charge is 0.493 e. The summed E-state index contributed by atoms with van der Waals surface area (Å²) in [4.78, 5) is 6.05. The van der Waals surface area contributed by atoms with Gasteiger partial charge in [-0.25, -0.2) is 26.6 Å². The Balaban J connectivity index is 1.45. The molecule has 0 aliphatic carbocycles. The van der Waals surface area contributed by atoms with Crippen LogP contribution in [0.2, 0.25) is 0 Å². The van der Waals surface area contributed by atoms with Crippen LogP contribution in [0, 0.1) is 11.7 Å². The fourth-order valence-corrected chi connectivity index (χ4v) is 6.56. The molecule has 1 fully saturated rings. The van der Waals surface area contributed by atoms with E-state index in [0.717, 1.165) is 22.7 Å². The number of likely N-dealkylation sites (tertiary alicyclic amines) is 1. The van der Waals surface area contributed by atoms with Crippen molar-refractivity contribution in [3.05, 3.63) is 65.7 Å². The number of alkyl halides is 2. The van der Waals surface area contributed by atoms with E-state index in [2.05, 4.69) is 19.0 Å². The van der Waals surface area contributed by atoms with E-state index in [9.17, 15) is 21.6 Å². The molecule has 186 valence electrons. The van der Waals surface area contributed by atoms with Gasteiger partial charge in [-0.05, 0) is 43.1 Å². The molecule has 0 radical (unpaired) electrons. The maximum Gasteiger partial charge on any atom is 0.263 e. The topological polar surface area (TPSA) is 84.4 Å². The minimum atomic E-state index is -3.89. The molecule has 12 heteroatoms. The van der Waals surface area contributed by atoms with Gasteiger partial charge in [0.2, 0.25) is 11.6 Å². The molecule has 1 N–H and O–H groups in total. The summed E-state index contributed by atoms with van der Waals surface area (Å²) in [6, 6.07) is 10.2. The lowest BCUT2D eigenvalue weighted by Crippen LogP contribution is -2.42. The number of sulfonamides is 1. The minimum Gasteiger partial charge on any atom is -0.493 e. The van der Waals surface area contributed by atoms with E-state index in [-0.39, 0.29) is 34.3 Å². The third-order valence-corrected chi connectivity index (χ3v) is 8.63. The Kier molecular flexibility index (Phi) is 6.69. The van der Waals surface area contributed by atoms with E-state index in [4.69, 9.17) is 4.74 Å². The average molecular weight is 525 g/mol. The first kappa shape index (κ1) is 24.0. The lowest BCUT2D eigenvalue weighted by Gasteiger charge is -2.45. The van der Waals surface area contributed by atoms with Gasteiger partial charge in [0, 0.05) is 47.6 Å². The van der Waals surface area contributed by atoms with Crippen molar-refractivity contribution >= 4 is 26.7 Å². The average Bonchev–Trinajstić information content (AvgIpc) is 3.36. The molecule has 1 saturated heterocycles. The van der Waals surface area contributed by atoms with Crippen LogP contribution in [0.25, 0.3) is 0 Å². The maximum atomic E-state index is 13.6. The molecule has 5 rings (SSSR count). The van der Waals surface area contributed by atoms with Gasteiger partial charge in [-0.1, -0.05) is 18.2 Å². The van der Waals surface area contributed by atoms with Crippen molar-refractivity contribution in [2.24, 2.45) is 5.92 Å². The van der Waals surface area contributed by atoms with Gasteiger partial charge < -0.3 is 4.74 Å². The van der Waals surface area contributed by atoms with Crippen LogP contribution in [0.1, 0.15) is 42.5 Å². The van der Waals surface area contributed by atoms with Gasteiger partial charge in [0.15, 0.2) is 0 Å². The predicted octanol–water partition coefficient (Wildman–Crippen LogP) is 5.02. The van der Waals surface area contributed by atoms with Gasteiger partial charge >= 0.3 is 0 Å². The van der Waals surface area contributed by atoms with Crippen LogP contribution >= 0.6 is 11.5 Å². The van der Waals surface area contributed by atoms with Gasteiger partial charge in [0.1, 0.15) is 17.9 Å². The zero-order valence-corrected chi connectivity index (χ0v) is 20.1. The van der Waals surface area contributed by atoms with Crippen molar-refractivity contribution in [2.75, 3.05) is 17.9 Å². The second-order valence-electron chi connectivity index (χ2n) is 8.63. The Morgan fingerprint density at radius 3 is 2.63 bits per heavy atom. The molecule has 0 unspecified atom stereocenters. The SMILES string of the molecule is O=S(=O)(Nc1ncns1)c1ccc2c(c1)OCC[C@@H]2N1CC[C@H](C(F)F)C[C@@H]1c1ccc(F)cc1. The number of fused-ring (bicyclic) bond motifs is 1. The number of aromatic nitrogens is 2. The second-order valence-corrected chi connectivity index (χ2v) is 11.1. The predicted molar refractivity (Wildman–Crippen MR) is 125 cm³/mol. The fourth-order valence-electron chi connectivity index (χ4n) is 4.88. The molecule has 2 aliphatic rings. The van der Waals surface area contributed by atoms with Crippen LogP contribution in [0.3, 0.4) is 0 Å². The third kappa shape index (κ3) is 5.00. The summed E-state index contributed by atoms with van der Waals surface area (Å²) in [5, 5.41) is 0.158. The van der Waals surface area contributed by atoms with Crippen molar-refractivity contribution in [3.8, 4) is 5.75 Å². The smallest absolute Gasteiger partial charge is 0.263 e. The van der Waals surface area contributed by atoms with Gasteiger partial charge in [-0.3, -0.25) is 9.62 Å². The van der Waals surface area contributed by atoms with E-state index >= 15 is 0 Å². The first-order chi connectivity index (χ1) is 16.8. The van der Waals surface area contributed by atoms with E-state index in [0.29, 0.717) is 31.7 Å². The lowest BCUT2D eigenvalue weighted by molar-refractivity contribution is -0.0134. The Morgan fingerprint density at radius 2 is 1.91 bits per heavy atom. The van der Waals surface area contributed by atoms with Crippen molar-refractivity contribution in [1.82, 2.24) is 14.3 Å². The standard InChI is InChI=1S/C23H23F3N4O3S2/c24-16-3-1-14(2-4-16)20-11-15(22(25)26)7-9-30(20)19-8-10-33-21-12-17(5-6-18(19)21)35(31,32)29-23-27-13-28-34-23/h1-6,12-13,15,19-20,22H,7-11H2,(H,27,28,29)/t15-,19-,20+/m0/s1. The highest BCUT2D eigenvalue weighted by Crippen LogP contribution is 2.46. The summed E-state index contributed by atoms with van der Waals surface area (Å²) >= 11 is 0.927. The number of rotatable bonds is 6. The maximum absolute atomic E-state index is 13.6. The molecule has 1 aromatic heterocycles. The van der Waals surface area contributed by atoms with E-state index in [1.165, 1.54) is 30.6 Å². The first-order valence-electron chi connectivity index (χ1n) is 11.2. The van der Waals surface area contributed by atoms with Gasteiger partial charge in [0.05, 0.1) is 11.5 Å². The summed E-state index contributed by atoms with van der Waals surface area (Å²) in [6.45, 7) is 0.801. The summed E-state index contributed by atoms with van der Waals surface area (Å²) < 4.78 is 78.3. The number of anilines is 1. The molecule has 0 spiro atoms. The van der Waals surface area contributed by atoms with Crippen molar-refractivity contribution < 1.29 is 26.3 Å². The molecular weight excluding hydrogens is 501 g/mol. The van der Waals surface area contributed by atoms with Crippen LogP contribution in [-0.4, -0.2) is 42.3 Å². The highest BCUT2D eigenvalue weighted by atomic mass is 32.2. The van der Waals surface area contributed by atoms with E-state index < -0.39 is 22.4 Å². The van der Waals surface area contributed by atoms with E-state index in [1.54, 1.807) is 18.2 Å². The quantitative estimate of drug-likeness (QED) is 0.488. The highest BCUT2D eigenvalue weighted by molar-refractivity contribution is 7.93.